The maximum absolute atomic E-state index is 11.9. The fourth-order valence-corrected chi connectivity index (χ4v) is 2.18. The molecule has 1 aromatic rings. The van der Waals surface area contributed by atoms with Gasteiger partial charge in [0.1, 0.15) is 4.60 Å². The molecular weight excluding hydrogens is 268 g/mol. The van der Waals surface area contributed by atoms with E-state index in [0.717, 1.165) is 13.0 Å². The normalized spacial score (nSPS) is 16.9. The molecule has 0 unspecified atom stereocenters. The maximum atomic E-state index is 11.9. The molecule has 2 rings (SSSR count). The molecule has 0 aliphatic heterocycles. The lowest BCUT2D eigenvalue weighted by Gasteiger charge is -2.13. The van der Waals surface area contributed by atoms with Gasteiger partial charge in [0.25, 0.3) is 5.91 Å². The summed E-state index contributed by atoms with van der Waals surface area (Å²) in [6.45, 7) is 2.96. The highest BCUT2D eigenvalue weighted by atomic mass is 79.9. The number of carbonyl (C=O) groups is 1. The number of rotatable bonds is 4. The Morgan fingerprint density at radius 2 is 2.38 bits per heavy atom. The number of nitrogens with zero attached hydrogens (tertiary/aromatic N) is 1. The fourth-order valence-electron chi connectivity index (χ4n) is 1.75. The summed E-state index contributed by atoms with van der Waals surface area (Å²) in [6, 6.07) is 3.55. The minimum atomic E-state index is -0.0419. The van der Waals surface area contributed by atoms with Crippen molar-refractivity contribution in [1.82, 2.24) is 10.3 Å². The lowest BCUT2D eigenvalue weighted by Crippen LogP contribution is -2.30. The highest BCUT2D eigenvalue weighted by molar-refractivity contribution is 9.10. The van der Waals surface area contributed by atoms with Crippen LogP contribution in [0.25, 0.3) is 0 Å². The molecule has 0 aromatic carbocycles. The summed E-state index contributed by atoms with van der Waals surface area (Å²) < 4.78 is 0.605. The molecule has 3 nitrogen and oxygen atoms in total. The lowest BCUT2D eigenvalue weighted by molar-refractivity contribution is 0.0943. The highest BCUT2D eigenvalue weighted by Crippen LogP contribution is 2.47. The van der Waals surface area contributed by atoms with E-state index in [1.807, 2.05) is 0 Å². The van der Waals surface area contributed by atoms with Gasteiger partial charge in [-0.05, 0) is 52.7 Å². The standard InChI is InChI=1S/C12H15BrN2O/c1-2-12(5-6-12)8-15-11(16)9-4-3-7-14-10(9)13/h3-4,7H,2,5-6,8H2,1H3,(H,15,16). The quantitative estimate of drug-likeness (QED) is 0.863. The minimum Gasteiger partial charge on any atom is -0.351 e. The van der Waals surface area contributed by atoms with Gasteiger partial charge in [0.05, 0.1) is 5.56 Å². The molecule has 1 amide bonds. The fraction of sp³-hybridized carbons (Fsp3) is 0.500. The summed E-state index contributed by atoms with van der Waals surface area (Å²) in [5, 5.41) is 2.98. The van der Waals surface area contributed by atoms with Crippen LogP contribution >= 0.6 is 15.9 Å². The molecule has 1 aromatic heterocycles. The van der Waals surface area contributed by atoms with E-state index in [1.165, 1.54) is 12.8 Å². The summed E-state index contributed by atoms with van der Waals surface area (Å²) in [4.78, 5) is 15.9. The van der Waals surface area contributed by atoms with Crippen molar-refractivity contribution in [2.75, 3.05) is 6.54 Å². The zero-order valence-electron chi connectivity index (χ0n) is 9.29. The largest absolute Gasteiger partial charge is 0.351 e. The Bertz CT molecular complexity index is 402. The van der Waals surface area contributed by atoms with Gasteiger partial charge in [0.15, 0.2) is 0 Å². The van der Waals surface area contributed by atoms with Crippen LogP contribution in [-0.4, -0.2) is 17.4 Å². The zero-order chi connectivity index (χ0) is 11.6. The molecule has 0 spiro atoms. The Hall–Kier alpha value is -0.900. The summed E-state index contributed by atoms with van der Waals surface area (Å²) in [5.41, 5.74) is 0.985. The number of carbonyl (C=O) groups excluding carboxylic acids is 1. The third kappa shape index (κ3) is 2.43. The topological polar surface area (TPSA) is 42.0 Å². The minimum absolute atomic E-state index is 0.0419. The molecule has 1 N–H and O–H groups in total. The number of hydrogen-bond acceptors (Lipinski definition) is 2. The predicted molar refractivity (Wildman–Crippen MR) is 66.2 cm³/mol. The first-order chi connectivity index (χ1) is 7.67. The Kier molecular flexibility index (Phi) is 3.28. The van der Waals surface area contributed by atoms with Gasteiger partial charge in [-0.2, -0.15) is 0 Å². The zero-order valence-corrected chi connectivity index (χ0v) is 10.9. The van der Waals surface area contributed by atoms with Crippen molar-refractivity contribution < 1.29 is 4.79 Å². The molecule has 0 radical (unpaired) electrons. The Balaban J connectivity index is 1.96. The van der Waals surface area contributed by atoms with Gasteiger partial charge in [-0.3, -0.25) is 4.79 Å². The van der Waals surface area contributed by atoms with Crippen LogP contribution in [0, 0.1) is 5.41 Å². The van der Waals surface area contributed by atoms with Gasteiger partial charge in [0.2, 0.25) is 0 Å². The van der Waals surface area contributed by atoms with Gasteiger partial charge >= 0.3 is 0 Å². The average molecular weight is 283 g/mol. The van der Waals surface area contributed by atoms with Crippen LogP contribution in [-0.2, 0) is 0 Å². The molecule has 0 atom stereocenters. The third-order valence-electron chi connectivity index (χ3n) is 3.33. The number of pyridine rings is 1. The van der Waals surface area contributed by atoms with Crippen LogP contribution in [0.2, 0.25) is 0 Å². The van der Waals surface area contributed by atoms with Crippen LogP contribution in [0.5, 0.6) is 0 Å². The first-order valence-corrected chi connectivity index (χ1v) is 6.35. The van der Waals surface area contributed by atoms with Crippen LogP contribution in [0.4, 0.5) is 0 Å². The van der Waals surface area contributed by atoms with Crippen LogP contribution < -0.4 is 5.32 Å². The molecule has 0 saturated heterocycles. The molecule has 1 heterocycles. The van der Waals surface area contributed by atoms with Crippen LogP contribution in [0.1, 0.15) is 36.5 Å². The number of amides is 1. The van der Waals surface area contributed by atoms with Crippen LogP contribution in [0.3, 0.4) is 0 Å². The number of nitrogens with one attached hydrogen (secondary N) is 1. The molecule has 1 aliphatic rings. The summed E-state index contributed by atoms with van der Waals surface area (Å²) in [7, 11) is 0. The summed E-state index contributed by atoms with van der Waals surface area (Å²) in [5.74, 6) is -0.0419. The van der Waals surface area contributed by atoms with Gasteiger partial charge in [-0.25, -0.2) is 4.98 Å². The van der Waals surface area contributed by atoms with Crippen molar-refractivity contribution in [3.63, 3.8) is 0 Å². The van der Waals surface area contributed by atoms with E-state index in [1.54, 1.807) is 18.3 Å². The van der Waals surface area contributed by atoms with Crippen molar-refractivity contribution >= 4 is 21.8 Å². The molecular formula is C12H15BrN2O. The third-order valence-corrected chi connectivity index (χ3v) is 3.97. The van der Waals surface area contributed by atoms with Crippen molar-refractivity contribution in [3.05, 3.63) is 28.5 Å². The van der Waals surface area contributed by atoms with E-state index < -0.39 is 0 Å². The predicted octanol–water partition coefficient (Wildman–Crippen LogP) is 2.76. The number of halogens is 1. The second-order valence-corrected chi connectivity index (χ2v) is 5.13. The SMILES string of the molecule is CCC1(CNC(=O)c2cccnc2Br)CC1. The van der Waals surface area contributed by atoms with Crippen LogP contribution in [0.15, 0.2) is 22.9 Å². The summed E-state index contributed by atoms with van der Waals surface area (Å²) >= 11 is 3.28. The average Bonchev–Trinajstić information content (AvgIpc) is 3.07. The van der Waals surface area contributed by atoms with Gasteiger partial charge in [0, 0.05) is 12.7 Å². The highest BCUT2D eigenvalue weighted by Gasteiger charge is 2.40. The van der Waals surface area contributed by atoms with Crippen molar-refractivity contribution in [1.29, 1.82) is 0 Å². The molecule has 86 valence electrons. The molecule has 1 fully saturated rings. The van der Waals surface area contributed by atoms with E-state index in [2.05, 4.69) is 33.2 Å². The van der Waals surface area contributed by atoms with E-state index in [0.29, 0.717) is 15.6 Å². The van der Waals surface area contributed by atoms with E-state index in [-0.39, 0.29) is 5.91 Å². The second kappa shape index (κ2) is 4.53. The second-order valence-electron chi connectivity index (χ2n) is 4.38. The van der Waals surface area contributed by atoms with E-state index >= 15 is 0 Å². The van der Waals surface area contributed by atoms with E-state index in [9.17, 15) is 4.79 Å². The Morgan fingerprint density at radius 1 is 1.62 bits per heavy atom. The monoisotopic (exact) mass is 282 g/mol. The first-order valence-electron chi connectivity index (χ1n) is 5.56. The van der Waals surface area contributed by atoms with Crippen molar-refractivity contribution in [3.8, 4) is 0 Å². The van der Waals surface area contributed by atoms with Crippen molar-refractivity contribution in [2.45, 2.75) is 26.2 Å². The molecule has 16 heavy (non-hydrogen) atoms. The maximum Gasteiger partial charge on any atom is 0.254 e. The van der Waals surface area contributed by atoms with E-state index in [4.69, 9.17) is 0 Å². The smallest absolute Gasteiger partial charge is 0.254 e. The molecule has 1 aliphatic carbocycles. The molecule has 0 bridgehead atoms. The first kappa shape index (κ1) is 11.6. The van der Waals surface area contributed by atoms with Gasteiger partial charge in [-0.15, -0.1) is 0 Å². The molecule has 1 saturated carbocycles. The number of hydrogen-bond donors (Lipinski definition) is 1. The van der Waals surface area contributed by atoms with Gasteiger partial charge < -0.3 is 5.32 Å². The summed E-state index contributed by atoms with van der Waals surface area (Å²) in [6.07, 6.45) is 5.27. The lowest BCUT2D eigenvalue weighted by atomic mass is 10.0. The van der Waals surface area contributed by atoms with Gasteiger partial charge in [-0.1, -0.05) is 6.92 Å². The number of aromatic nitrogens is 1. The Labute approximate surface area is 104 Å². The molecule has 4 heteroatoms. The van der Waals surface area contributed by atoms with Crippen molar-refractivity contribution in [2.24, 2.45) is 5.41 Å². The Morgan fingerprint density at radius 3 is 2.94 bits per heavy atom.